The molecule has 8 heteroatoms. The van der Waals surface area contributed by atoms with Crippen LogP contribution in [0.3, 0.4) is 0 Å². The first kappa shape index (κ1) is 21.4. The highest BCUT2D eigenvalue weighted by Gasteiger charge is 2.30. The molecule has 33 heavy (non-hydrogen) atoms. The van der Waals surface area contributed by atoms with Crippen LogP contribution in [0, 0.1) is 0 Å². The molecule has 166 valence electrons. The van der Waals surface area contributed by atoms with Crippen LogP contribution < -0.4 is 19.7 Å². The second-order valence-electron chi connectivity index (χ2n) is 7.49. The number of halogens is 1. The average Bonchev–Trinajstić information content (AvgIpc) is 3.30. The highest BCUT2D eigenvalue weighted by Crippen LogP contribution is 2.42. The van der Waals surface area contributed by atoms with Crippen molar-refractivity contribution < 1.29 is 19.1 Å². The Morgan fingerprint density at radius 3 is 2.70 bits per heavy atom. The van der Waals surface area contributed by atoms with Crippen molar-refractivity contribution in [2.75, 3.05) is 18.2 Å². The Hall–Kier alpha value is -3.42. The maximum absolute atomic E-state index is 13.3. The van der Waals surface area contributed by atoms with Crippen molar-refractivity contribution in [3.05, 3.63) is 87.8 Å². The van der Waals surface area contributed by atoms with Gasteiger partial charge in [-0.05, 0) is 53.6 Å². The van der Waals surface area contributed by atoms with Gasteiger partial charge in [-0.2, -0.15) is 0 Å². The SMILES string of the molecule is O=C(CN1C(=O)/C(=C\c2ccc(Cl)cc2)Sc2ccccc21)NCc1ccc2c(c1)OCO2. The molecule has 0 radical (unpaired) electrons. The Labute approximate surface area is 200 Å². The van der Waals surface area contributed by atoms with Crippen LogP contribution in [0.4, 0.5) is 5.69 Å². The standard InChI is InChI=1S/C25H19ClN2O4S/c26-18-8-5-16(6-9-18)12-23-25(30)28(19-3-1-2-4-22(19)33-23)14-24(29)27-13-17-7-10-20-21(11-17)32-15-31-20/h1-12H,13-15H2,(H,27,29)/b23-12+. The summed E-state index contributed by atoms with van der Waals surface area (Å²) in [6.07, 6.45) is 1.82. The third-order valence-corrected chi connectivity index (χ3v) is 6.56. The first-order valence-electron chi connectivity index (χ1n) is 10.3. The summed E-state index contributed by atoms with van der Waals surface area (Å²) in [4.78, 5) is 29.0. The molecule has 3 aromatic rings. The minimum atomic E-state index is -0.256. The van der Waals surface area contributed by atoms with E-state index in [1.807, 2.05) is 60.7 Å². The lowest BCUT2D eigenvalue weighted by molar-refractivity contribution is -0.122. The summed E-state index contributed by atoms with van der Waals surface area (Å²) >= 11 is 7.37. The number of fused-ring (bicyclic) bond motifs is 2. The van der Waals surface area contributed by atoms with Gasteiger partial charge in [0.05, 0.1) is 10.6 Å². The molecule has 0 saturated carbocycles. The zero-order valence-electron chi connectivity index (χ0n) is 17.4. The van der Waals surface area contributed by atoms with E-state index in [4.69, 9.17) is 21.1 Å². The van der Waals surface area contributed by atoms with Crippen molar-refractivity contribution in [1.29, 1.82) is 0 Å². The average molecular weight is 479 g/mol. The van der Waals surface area contributed by atoms with Gasteiger partial charge in [-0.25, -0.2) is 0 Å². The maximum atomic E-state index is 13.3. The van der Waals surface area contributed by atoms with Crippen LogP contribution in [0.2, 0.25) is 5.02 Å². The zero-order chi connectivity index (χ0) is 22.8. The Morgan fingerprint density at radius 2 is 1.85 bits per heavy atom. The molecule has 2 heterocycles. The maximum Gasteiger partial charge on any atom is 0.265 e. The number of amides is 2. The number of carbonyl (C=O) groups excluding carboxylic acids is 2. The van der Waals surface area contributed by atoms with Gasteiger partial charge in [0.2, 0.25) is 12.7 Å². The Kier molecular flexibility index (Phi) is 5.98. The fraction of sp³-hybridized carbons (Fsp3) is 0.120. The molecule has 0 aromatic heterocycles. The molecule has 5 rings (SSSR count). The predicted molar refractivity (Wildman–Crippen MR) is 128 cm³/mol. The van der Waals surface area contributed by atoms with Crippen LogP contribution in [-0.2, 0) is 16.1 Å². The van der Waals surface area contributed by atoms with E-state index in [-0.39, 0.29) is 25.2 Å². The molecule has 2 aliphatic heterocycles. The van der Waals surface area contributed by atoms with E-state index in [2.05, 4.69) is 5.32 Å². The number of para-hydroxylation sites is 1. The Morgan fingerprint density at radius 1 is 1.06 bits per heavy atom. The van der Waals surface area contributed by atoms with E-state index in [0.29, 0.717) is 28.0 Å². The molecule has 3 aromatic carbocycles. The van der Waals surface area contributed by atoms with Crippen molar-refractivity contribution >= 4 is 46.9 Å². The third kappa shape index (κ3) is 4.69. The van der Waals surface area contributed by atoms with Crippen molar-refractivity contribution in [1.82, 2.24) is 5.32 Å². The molecular weight excluding hydrogens is 460 g/mol. The molecule has 0 saturated heterocycles. The van der Waals surface area contributed by atoms with Gasteiger partial charge in [0.25, 0.3) is 5.91 Å². The number of hydrogen-bond acceptors (Lipinski definition) is 5. The van der Waals surface area contributed by atoms with Crippen molar-refractivity contribution in [2.45, 2.75) is 11.4 Å². The van der Waals surface area contributed by atoms with Crippen molar-refractivity contribution in [2.24, 2.45) is 0 Å². The van der Waals surface area contributed by atoms with Gasteiger partial charge < -0.3 is 14.8 Å². The number of nitrogens with one attached hydrogen (secondary N) is 1. The topological polar surface area (TPSA) is 67.9 Å². The molecule has 2 aliphatic rings. The van der Waals surface area contributed by atoms with E-state index in [1.54, 1.807) is 12.1 Å². The molecule has 0 atom stereocenters. The molecule has 0 spiro atoms. The van der Waals surface area contributed by atoms with Gasteiger partial charge in [-0.3, -0.25) is 14.5 Å². The molecule has 0 bridgehead atoms. The second kappa shape index (κ2) is 9.21. The summed E-state index contributed by atoms with van der Waals surface area (Å²) in [5, 5.41) is 3.52. The Balaban J connectivity index is 1.33. The largest absolute Gasteiger partial charge is 0.454 e. The van der Waals surface area contributed by atoms with Crippen molar-refractivity contribution in [3.63, 3.8) is 0 Å². The van der Waals surface area contributed by atoms with Crippen LogP contribution in [0.1, 0.15) is 11.1 Å². The number of nitrogens with zero attached hydrogens (tertiary/aromatic N) is 1. The lowest BCUT2D eigenvalue weighted by atomic mass is 10.2. The molecule has 0 unspecified atom stereocenters. The number of hydrogen-bond donors (Lipinski definition) is 1. The van der Waals surface area contributed by atoms with E-state index in [1.165, 1.54) is 16.7 Å². The smallest absolute Gasteiger partial charge is 0.265 e. The molecular formula is C25H19ClN2O4S. The first-order chi connectivity index (χ1) is 16.1. The number of ether oxygens (including phenoxy) is 2. The van der Waals surface area contributed by atoms with Gasteiger partial charge in [0.1, 0.15) is 6.54 Å². The molecule has 0 fully saturated rings. The van der Waals surface area contributed by atoms with Crippen LogP contribution in [-0.4, -0.2) is 25.2 Å². The minimum absolute atomic E-state index is 0.0844. The number of carbonyl (C=O) groups is 2. The van der Waals surface area contributed by atoms with Crippen LogP contribution in [0.25, 0.3) is 6.08 Å². The lowest BCUT2D eigenvalue weighted by Gasteiger charge is -2.29. The van der Waals surface area contributed by atoms with E-state index in [9.17, 15) is 9.59 Å². The molecule has 2 amide bonds. The van der Waals surface area contributed by atoms with Crippen molar-refractivity contribution in [3.8, 4) is 11.5 Å². The zero-order valence-corrected chi connectivity index (χ0v) is 19.0. The Bertz CT molecular complexity index is 1260. The van der Waals surface area contributed by atoms with Crippen LogP contribution in [0.15, 0.2) is 76.5 Å². The fourth-order valence-corrected chi connectivity index (χ4v) is 4.77. The molecule has 0 aliphatic carbocycles. The van der Waals surface area contributed by atoms with E-state index >= 15 is 0 Å². The van der Waals surface area contributed by atoms with Crippen LogP contribution >= 0.6 is 23.4 Å². The van der Waals surface area contributed by atoms with Gasteiger partial charge in [-0.1, -0.05) is 53.7 Å². The normalized spacial score (nSPS) is 15.5. The van der Waals surface area contributed by atoms with E-state index in [0.717, 1.165) is 21.7 Å². The quantitative estimate of drug-likeness (QED) is 0.530. The first-order valence-corrected chi connectivity index (χ1v) is 11.5. The van der Waals surface area contributed by atoms with Gasteiger partial charge >= 0.3 is 0 Å². The summed E-state index contributed by atoms with van der Waals surface area (Å²) in [6, 6.07) is 20.4. The number of thioether (sulfide) groups is 1. The molecule has 6 nitrogen and oxygen atoms in total. The summed E-state index contributed by atoms with van der Waals surface area (Å²) < 4.78 is 10.7. The summed E-state index contributed by atoms with van der Waals surface area (Å²) in [5.74, 6) is 0.884. The number of benzene rings is 3. The monoisotopic (exact) mass is 478 g/mol. The molecule has 1 N–H and O–H groups in total. The minimum Gasteiger partial charge on any atom is -0.454 e. The number of rotatable bonds is 5. The third-order valence-electron chi connectivity index (χ3n) is 5.23. The lowest BCUT2D eigenvalue weighted by Crippen LogP contribution is -2.42. The number of anilines is 1. The van der Waals surface area contributed by atoms with Gasteiger partial charge in [-0.15, -0.1) is 0 Å². The van der Waals surface area contributed by atoms with Gasteiger partial charge in [0, 0.05) is 16.5 Å². The van der Waals surface area contributed by atoms with Gasteiger partial charge in [0.15, 0.2) is 11.5 Å². The second-order valence-corrected chi connectivity index (χ2v) is 9.01. The highest BCUT2D eigenvalue weighted by atomic mass is 35.5. The van der Waals surface area contributed by atoms with Crippen LogP contribution in [0.5, 0.6) is 11.5 Å². The highest BCUT2D eigenvalue weighted by molar-refractivity contribution is 8.04. The van der Waals surface area contributed by atoms with E-state index < -0.39 is 0 Å². The summed E-state index contributed by atoms with van der Waals surface area (Å²) in [5.41, 5.74) is 2.47. The fourth-order valence-electron chi connectivity index (χ4n) is 3.58. The summed E-state index contributed by atoms with van der Waals surface area (Å²) in [6.45, 7) is 0.436. The predicted octanol–water partition coefficient (Wildman–Crippen LogP) is 4.86. The summed E-state index contributed by atoms with van der Waals surface area (Å²) in [7, 11) is 0.